The average Bonchev–Trinajstić information content (AvgIpc) is 2.49. The molecule has 21 heavy (non-hydrogen) atoms. The molecule has 1 amide bonds. The maximum absolute atomic E-state index is 11.5. The van der Waals surface area contributed by atoms with E-state index in [2.05, 4.69) is 11.8 Å². The van der Waals surface area contributed by atoms with E-state index in [4.69, 9.17) is 0 Å². The van der Waals surface area contributed by atoms with Crippen LogP contribution in [0.4, 0.5) is 0 Å². The Bertz CT molecular complexity index is 296. The molecule has 0 aliphatic rings. The second-order valence-corrected chi connectivity index (χ2v) is 5.26. The summed E-state index contributed by atoms with van der Waals surface area (Å²) in [5.41, 5.74) is 1.89. The molecular formula is C15H29NO5. The highest BCUT2D eigenvalue weighted by Crippen LogP contribution is 2.06. The van der Waals surface area contributed by atoms with Gasteiger partial charge in [-0.3, -0.25) is 4.79 Å². The Kier molecular flexibility index (Phi) is 11.9. The van der Waals surface area contributed by atoms with Gasteiger partial charge in [0.05, 0.1) is 6.10 Å². The predicted molar refractivity (Wildman–Crippen MR) is 79.1 cm³/mol. The number of hydrogen-bond acceptors (Lipinski definition) is 5. The van der Waals surface area contributed by atoms with Crippen molar-refractivity contribution in [2.24, 2.45) is 0 Å². The van der Waals surface area contributed by atoms with E-state index in [0.717, 1.165) is 38.5 Å². The van der Waals surface area contributed by atoms with Gasteiger partial charge in [-0.05, 0) is 12.8 Å². The first-order valence-electron chi connectivity index (χ1n) is 7.88. The van der Waals surface area contributed by atoms with Crippen molar-refractivity contribution in [3.8, 4) is 0 Å². The fraction of sp³-hybridized carbons (Fsp3) is 0.867. The van der Waals surface area contributed by atoms with Gasteiger partial charge in [-0.1, -0.05) is 52.4 Å². The first kappa shape index (κ1) is 19.9. The lowest BCUT2D eigenvalue weighted by Gasteiger charge is -2.16. The van der Waals surface area contributed by atoms with Gasteiger partial charge in [0.25, 0.3) is 5.91 Å². The molecule has 3 N–H and O–H groups in total. The molecule has 6 nitrogen and oxygen atoms in total. The fourth-order valence-electron chi connectivity index (χ4n) is 1.84. The van der Waals surface area contributed by atoms with Crippen LogP contribution in [0.3, 0.4) is 0 Å². The van der Waals surface area contributed by atoms with Crippen molar-refractivity contribution in [3.05, 3.63) is 0 Å². The molecule has 0 rings (SSSR count). The van der Waals surface area contributed by atoms with Crippen molar-refractivity contribution in [1.82, 2.24) is 5.48 Å². The molecule has 0 aliphatic heterocycles. The van der Waals surface area contributed by atoms with E-state index in [1.54, 1.807) is 0 Å². The summed E-state index contributed by atoms with van der Waals surface area (Å²) >= 11 is 0. The van der Waals surface area contributed by atoms with Crippen LogP contribution in [0.15, 0.2) is 0 Å². The van der Waals surface area contributed by atoms with Crippen LogP contribution in [0.5, 0.6) is 0 Å². The van der Waals surface area contributed by atoms with E-state index in [-0.39, 0.29) is 6.42 Å². The first-order valence-corrected chi connectivity index (χ1v) is 7.88. The Morgan fingerprint density at radius 1 is 1.00 bits per heavy atom. The molecule has 0 saturated heterocycles. The summed E-state index contributed by atoms with van der Waals surface area (Å²) in [5, 5.41) is 19.1. The van der Waals surface area contributed by atoms with E-state index in [9.17, 15) is 19.8 Å². The lowest BCUT2D eigenvalue weighted by molar-refractivity contribution is -0.164. The van der Waals surface area contributed by atoms with Gasteiger partial charge in [0, 0.05) is 6.42 Å². The molecule has 0 aromatic heterocycles. The number of unbranched alkanes of at least 4 members (excludes halogenated alkanes) is 5. The van der Waals surface area contributed by atoms with Gasteiger partial charge in [-0.2, -0.15) is 5.48 Å². The van der Waals surface area contributed by atoms with Crippen LogP contribution >= 0.6 is 0 Å². The Balaban J connectivity index is 3.77. The molecule has 2 unspecified atom stereocenters. The average molecular weight is 303 g/mol. The van der Waals surface area contributed by atoms with Crippen LogP contribution in [0, 0.1) is 0 Å². The molecule has 2 atom stereocenters. The summed E-state index contributed by atoms with van der Waals surface area (Å²) < 4.78 is 0. The summed E-state index contributed by atoms with van der Waals surface area (Å²) in [5.74, 6) is -1.42. The number of aliphatic hydroxyl groups excluding tert-OH is 2. The second-order valence-electron chi connectivity index (χ2n) is 5.26. The van der Waals surface area contributed by atoms with Crippen molar-refractivity contribution in [3.63, 3.8) is 0 Å². The molecule has 0 aromatic carbocycles. The van der Waals surface area contributed by atoms with Crippen LogP contribution in [-0.4, -0.2) is 34.3 Å². The van der Waals surface area contributed by atoms with Crippen LogP contribution in [0.2, 0.25) is 0 Å². The lowest BCUT2D eigenvalue weighted by atomic mass is 10.1. The Labute approximate surface area is 126 Å². The van der Waals surface area contributed by atoms with Gasteiger partial charge in [0.1, 0.15) is 0 Å². The van der Waals surface area contributed by atoms with E-state index in [0.29, 0.717) is 12.8 Å². The minimum atomic E-state index is -1.58. The summed E-state index contributed by atoms with van der Waals surface area (Å²) in [4.78, 5) is 27.4. The van der Waals surface area contributed by atoms with Gasteiger partial charge in [-0.15, -0.1) is 0 Å². The third-order valence-corrected chi connectivity index (χ3v) is 3.24. The van der Waals surface area contributed by atoms with Gasteiger partial charge in [0.15, 0.2) is 6.10 Å². The van der Waals surface area contributed by atoms with E-state index < -0.39 is 24.1 Å². The molecule has 6 heteroatoms. The third kappa shape index (κ3) is 10.3. The van der Waals surface area contributed by atoms with E-state index >= 15 is 0 Å². The van der Waals surface area contributed by atoms with Crippen molar-refractivity contribution in [2.45, 2.75) is 83.8 Å². The number of hydrogen-bond donors (Lipinski definition) is 3. The standard InChI is InChI=1S/C15H29NO5/c1-3-5-7-8-9-11-13(18)21-16-15(20)14(19)12(17)10-6-4-2/h12,14,17,19H,3-11H2,1-2H3,(H,16,20). The first-order chi connectivity index (χ1) is 10.0. The topological polar surface area (TPSA) is 95.9 Å². The lowest BCUT2D eigenvalue weighted by Crippen LogP contribution is -2.42. The zero-order valence-electron chi connectivity index (χ0n) is 13.1. The zero-order chi connectivity index (χ0) is 16.1. The molecule has 0 saturated carbocycles. The summed E-state index contributed by atoms with van der Waals surface area (Å²) in [6.07, 6.45) is 4.46. The van der Waals surface area contributed by atoms with Crippen molar-refractivity contribution in [1.29, 1.82) is 0 Å². The molecule has 0 spiro atoms. The molecule has 0 fully saturated rings. The largest absolute Gasteiger partial charge is 0.390 e. The zero-order valence-corrected chi connectivity index (χ0v) is 13.1. The third-order valence-electron chi connectivity index (χ3n) is 3.24. The molecule has 0 aliphatic carbocycles. The smallest absolute Gasteiger partial charge is 0.332 e. The number of amides is 1. The fourth-order valence-corrected chi connectivity index (χ4v) is 1.84. The highest BCUT2D eigenvalue weighted by Gasteiger charge is 2.24. The number of carbonyl (C=O) groups excluding carboxylic acids is 2. The monoisotopic (exact) mass is 303 g/mol. The Hall–Kier alpha value is -1.14. The van der Waals surface area contributed by atoms with Crippen LogP contribution in [0.25, 0.3) is 0 Å². The molecule has 0 bridgehead atoms. The maximum atomic E-state index is 11.5. The SMILES string of the molecule is CCCCCCCC(=O)ONC(=O)C(O)C(O)CCCC. The molecule has 124 valence electrons. The number of hydroxylamine groups is 1. The number of nitrogens with one attached hydrogen (secondary N) is 1. The van der Waals surface area contributed by atoms with Crippen molar-refractivity contribution < 1.29 is 24.6 Å². The quantitative estimate of drug-likeness (QED) is 0.400. The molecule has 0 heterocycles. The minimum absolute atomic E-state index is 0.235. The summed E-state index contributed by atoms with van der Waals surface area (Å²) in [7, 11) is 0. The highest BCUT2D eigenvalue weighted by atomic mass is 16.7. The van der Waals surface area contributed by atoms with E-state index in [1.165, 1.54) is 0 Å². The summed E-state index contributed by atoms with van der Waals surface area (Å²) in [6, 6.07) is 0. The molecule has 0 aromatic rings. The second kappa shape index (κ2) is 12.6. The summed E-state index contributed by atoms with van der Waals surface area (Å²) in [6.45, 7) is 4.06. The number of carbonyl (C=O) groups is 2. The maximum Gasteiger partial charge on any atom is 0.332 e. The van der Waals surface area contributed by atoms with Gasteiger partial charge < -0.3 is 15.1 Å². The van der Waals surface area contributed by atoms with E-state index in [1.807, 2.05) is 12.4 Å². The Morgan fingerprint density at radius 3 is 2.24 bits per heavy atom. The van der Waals surface area contributed by atoms with Crippen LogP contribution in [-0.2, 0) is 14.4 Å². The number of rotatable bonds is 11. The van der Waals surface area contributed by atoms with Gasteiger partial charge >= 0.3 is 5.97 Å². The van der Waals surface area contributed by atoms with Gasteiger partial charge in [0.2, 0.25) is 0 Å². The van der Waals surface area contributed by atoms with Crippen LogP contribution in [0.1, 0.15) is 71.6 Å². The van der Waals surface area contributed by atoms with Crippen molar-refractivity contribution >= 4 is 11.9 Å². The predicted octanol–water partition coefficient (Wildman–Crippen LogP) is 1.83. The van der Waals surface area contributed by atoms with Crippen molar-refractivity contribution in [2.75, 3.05) is 0 Å². The number of aliphatic hydroxyl groups is 2. The highest BCUT2D eigenvalue weighted by molar-refractivity contribution is 5.81. The van der Waals surface area contributed by atoms with Gasteiger partial charge in [-0.25, -0.2) is 4.79 Å². The van der Waals surface area contributed by atoms with Crippen LogP contribution < -0.4 is 5.48 Å². The normalized spacial score (nSPS) is 13.5. The Morgan fingerprint density at radius 2 is 1.62 bits per heavy atom. The molecule has 0 radical (unpaired) electrons. The molecular weight excluding hydrogens is 274 g/mol. The minimum Gasteiger partial charge on any atom is -0.390 e.